The standard InChI is InChI=1S/C14H12BrN3O4/c1-8-3-5-12(13(15)17-8)22-11-6-4-9(14(19)16-2)7-10(11)18(20)21/h3-7H,1-2H3,(H,16,19). The molecular formula is C14H12BrN3O4. The van der Waals surface area contributed by atoms with Gasteiger partial charge in [0, 0.05) is 24.4 Å². The van der Waals surface area contributed by atoms with Gasteiger partial charge in [0.15, 0.2) is 5.75 Å². The predicted molar refractivity (Wildman–Crippen MR) is 83.2 cm³/mol. The largest absolute Gasteiger partial charge is 0.447 e. The Balaban J connectivity index is 2.42. The third-order valence-electron chi connectivity index (χ3n) is 2.82. The van der Waals surface area contributed by atoms with Crippen molar-refractivity contribution in [3.63, 3.8) is 0 Å². The Labute approximate surface area is 134 Å². The van der Waals surface area contributed by atoms with Gasteiger partial charge in [-0.05, 0) is 47.1 Å². The Bertz CT molecular complexity index is 749. The van der Waals surface area contributed by atoms with E-state index in [0.717, 1.165) is 5.69 Å². The Kier molecular flexibility index (Phi) is 4.71. The lowest BCUT2D eigenvalue weighted by Crippen LogP contribution is -2.17. The summed E-state index contributed by atoms with van der Waals surface area (Å²) in [5.41, 5.74) is 0.667. The quantitative estimate of drug-likeness (QED) is 0.509. The average Bonchev–Trinajstić information content (AvgIpc) is 2.49. The number of amides is 1. The van der Waals surface area contributed by atoms with Crippen LogP contribution in [0, 0.1) is 17.0 Å². The Morgan fingerprint density at radius 1 is 1.32 bits per heavy atom. The fraction of sp³-hybridized carbons (Fsp3) is 0.143. The maximum Gasteiger partial charge on any atom is 0.312 e. The van der Waals surface area contributed by atoms with Gasteiger partial charge in [-0.1, -0.05) is 0 Å². The zero-order valence-electron chi connectivity index (χ0n) is 11.8. The first kappa shape index (κ1) is 15.9. The van der Waals surface area contributed by atoms with Crippen LogP contribution >= 0.6 is 15.9 Å². The molecule has 0 aliphatic carbocycles. The van der Waals surface area contributed by atoms with Crippen molar-refractivity contribution in [1.29, 1.82) is 0 Å². The molecule has 1 amide bonds. The number of aromatic nitrogens is 1. The van der Waals surface area contributed by atoms with Crippen molar-refractivity contribution >= 4 is 27.5 Å². The average molecular weight is 366 g/mol. The molecule has 0 saturated carbocycles. The van der Waals surface area contributed by atoms with E-state index in [1.807, 2.05) is 6.92 Å². The molecule has 0 radical (unpaired) electrons. The summed E-state index contributed by atoms with van der Waals surface area (Å²) in [6.45, 7) is 1.81. The lowest BCUT2D eigenvalue weighted by molar-refractivity contribution is -0.385. The molecule has 0 atom stereocenters. The van der Waals surface area contributed by atoms with Crippen LogP contribution in [-0.2, 0) is 0 Å². The van der Waals surface area contributed by atoms with E-state index < -0.39 is 10.8 Å². The van der Waals surface area contributed by atoms with Gasteiger partial charge in [0.25, 0.3) is 5.91 Å². The molecule has 0 spiro atoms. The monoisotopic (exact) mass is 365 g/mol. The van der Waals surface area contributed by atoms with Gasteiger partial charge in [-0.3, -0.25) is 14.9 Å². The van der Waals surface area contributed by atoms with Crippen molar-refractivity contribution in [2.45, 2.75) is 6.92 Å². The van der Waals surface area contributed by atoms with E-state index >= 15 is 0 Å². The fourth-order valence-electron chi connectivity index (χ4n) is 1.74. The van der Waals surface area contributed by atoms with Crippen LogP contribution in [-0.4, -0.2) is 22.9 Å². The molecule has 2 rings (SSSR count). The highest BCUT2D eigenvalue weighted by atomic mass is 79.9. The van der Waals surface area contributed by atoms with Crippen LogP contribution in [0.25, 0.3) is 0 Å². The molecule has 0 saturated heterocycles. The molecule has 8 heteroatoms. The number of carbonyl (C=O) groups is 1. The van der Waals surface area contributed by atoms with Gasteiger partial charge in [-0.2, -0.15) is 0 Å². The second kappa shape index (κ2) is 6.52. The minimum atomic E-state index is -0.600. The van der Waals surface area contributed by atoms with Crippen LogP contribution in [0.2, 0.25) is 0 Å². The van der Waals surface area contributed by atoms with Crippen LogP contribution < -0.4 is 10.1 Å². The summed E-state index contributed by atoms with van der Waals surface area (Å²) in [7, 11) is 1.45. The van der Waals surface area contributed by atoms with Crippen LogP contribution in [0.5, 0.6) is 11.5 Å². The van der Waals surface area contributed by atoms with E-state index in [-0.39, 0.29) is 17.0 Å². The van der Waals surface area contributed by atoms with Gasteiger partial charge in [0.1, 0.15) is 4.60 Å². The summed E-state index contributed by atoms with van der Waals surface area (Å²) >= 11 is 3.24. The Morgan fingerprint density at radius 2 is 2.00 bits per heavy atom. The number of nitrogens with zero attached hydrogens (tertiary/aromatic N) is 2. The summed E-state index contributed by atoms with van der Waals surface area (Å²) < 4.78 is 5.98. The van der Waals surface area contributed by atoms with Crippen LogP contribution in [0.3, 0.4) is 0 Å². The molecule has 22 heavy (non-hydrogen) atoms. The predicted octanol–water partition coefficient (Wildman–Crippen LogP) is 3.21. The third-order valence-corrected chi connectivity index (χ3v) is 3.39. The number of nitro groups is 1. The lowest BCUT2D eigenvalue weighted by Gasteiger charge is -2.09. The van der Waals surface area contributed by atoms with Crippen molar-refractivity contribution in [2.75, 3.05) is 7.05 Å². The molecule has 0 unspecified atom stereocenters. The van der Waals surface area contributed by atoms with E-state index in [0.29, 0.717) is 10.4 Å². The maximum absolute atomic E-state index is 11.6. The first-order valence-electron chi connectivity index (χ1n) is 6.24. The number of rotatable bonds is 4. The van der Waals surface area contributed by atoms with E-state index in [1.165, 1.54) is 25.2 Å². The molecule has 0 aliphatic heterocycles. The zero-order chi connectivity index (χ0) is 16.3. The highest BCUT2D eigenvalue weighted by Gasteiger charge is 2.20. The van der Waals surface area contributed by atoms with Gasteiger partial charge in [0.05, 0.1) is 4.92 Å². The molecule has 1 aromatic heterocycles. The van der Waals surface area contributed by atoms with Crippen molar-refractivity contribution < 1.29 is 14.5 Å². The maximum atomic E-state index is 11.6. The summed E-state index contributed by atoms with van der Waals surface area (Å²) in [6.07, 6.45) is 0. The molecule has 0 aliphatic rings. The van der Waals surface area contributed by atoms with E-state index in [1.54, 1.807) is 12.1 Å². The topological polar surface area (TPSA) is 94.4 Å². The minimum absolute atomic E-state index is 0.0315. The number of nitrogens with one attached hydrogen (secondary N) is 1. The summed E-state index contributed by atoms with van der Waals surface area (Å²) in [5.74, 6) is -0.0294. The third kappa shape index (κ3) is 3.40. The highest BCUT2D eigenvalue weighted by molar-refractivity contribution is 9.10. The summed E-state index contributed by atoms with van der Waals surface area (Å²) in [5, 5.41) is 13.6. The van der Waals surface area contributed by atoms with Crippen molar-refractivity contribution in [3.05, 3.63) is 56.3 Å². The van der Waals surface area contributed by atoms with Gasteiger partial charge >= 0.3 is 5.69 Å². The summed E-state index contributed by atoms with van der Waals surface area (Å²) in [4.78, 5) is 26.3. The van der Waals surface area contributed by atoms with Crippen LogP contribution in [0.1, 0.15) is 16.1 Å². The molecule has 1 N–H and O–H groups in total. The molecule has 0 fully saturated rings. The van der Waals surface area contributed by atoms with Gasteiger partial charge < -0.3 is 10.1 Å². The molecular weight excluding hydrogens is 354 g/mol. The van der Waals surface area contributed by atoms with Crippen LogP contribution in [0.15, 0.2) is 34.9 Å². The van der Waals surface area contributed by atoms with Gasteiger partial charge in [0.2, 0.25) is 5.75 Å². The number of pyridine rings is 1. The number of halogens is 1. The normalized spacial score (nSPS) is 10.1. The number of benzene rings is 1. The zero-order valence-corrected chi connectivity index (χ0v) is 13.4. The van der Waals surface area contributed by atoms with Crippen molar-refractivity contribution in [1.82, 2.24) is 10.3 Å². The second-order valence-corrected chi connectivity index (χ2v) is 5.11. The Morgan fingerprint density at radius 3 is 2.59 bits per heavy atom. The number of ether oxygens (including phenoxy) is 1. The molecule has 1 aromatic carbocycles. The van der Waals surface area contributed by atoms with Gasteiger partial charge in [-0.25, -0.2) is 4.98 Å². The molecule has 7 nitrogen and oxygen atoms in total. The highest BCUT2D eigenvalue weighted by Crippen LogP contribution is 2.34. The number of hydrogen-bond acceptors (Lipinski definition) is 5. The second-order valence-electron chi connectivity index (χ2n) is 4.36. The van der Waals surface area contributed by atoms with E-state index in [4.69, 9.17) is 4.74 Å². The van der Waals surface area contributed by atoms with Crippen LogP contribution in [0.4, 0.5) is 5.69 Å². The number of hydrogen-bond donors (Lipinski definition) is 1. The van der Waals surface area contributed by atoms with Gasteiger partial charge in [-0.15, -0.1) is 0 Å². The first-order valence-corrected chi connectivity index (χ1v) is 7.03. The number of carbonyl (C=O) groups excluding carboxylic acids is 1. The van der Waals surface area contributed by atoms with E-state index in [9.17, 15) is 14.9 Å². The summed E-state index contributed by atoms with van der Waals surface area (Å²) in [6, 6.07) is 7.39. The van der Waals surface area contributed by atoms with Crippen molar-refractivity contribution in [2.24, 2.45) is 0 Å². The smallest absolute Gasteiger partial charge is 0.312 e. The Hall–Kier alpha value is -2.48. The first-order chi connectivity index (χ1) is 10.4. The van der Waals surface area contributed by atoms with Crippen molar-refractivity contribution in [3.8, 4) is 11.5 Å². The molecule has 0 bridgehead atoms. The fourth-order valence-corrected chi connectivity index (χ4v) is 2.23. The lowest BCUT2D eigenvalue weighted by atomic mass is 10.1. The SMILES string of the molecule is CNC(=O)c1ccc(Oc2ccc(C)nc2Br)c([N+](=O)[O-])c1. The molecule has 114 valence electrons. The van der Waals surface area contributed by atoms with E-state index in [2.05, 4.69) is 26.2 Å². The minimum Gasteiger partial charge on any atom is -0.447 e. The molecule has 1 heterocycles. The molecule has 2 aromatic rings. The number of aryl methyl sites for hydroxylation is 1. The number of nitro benzene ring substituents is 1.